The Morgan fingerprint density at radius 2 is 2.08 bits per heavy atom. The van der Waals surface area contributed by atoms with Gasteiger partial charge in [-0.25, -0.2) is 4.68 Å². The van der Waals surface area contributed by atoms with Crippen LogP contribution in [0.15, 0.2) is 23.4 Å². The van der Waals surface area contributed by atoms with E-state index in [1.165, 1.54) is 16.4 Å². The van der Waals surface area contributed by atoms with E-state index in [1.54, 1.807) is 18.9 Å². The second kappa shape index (κ2) is 7.00. The lowest BCUT2D eigenvalue weighted by atomic mass is 10.2. The lowest BCUT2D eigenvalue weighted by molar-refractivity contribution is -0.127. The average Bonchev–Trinajstić information content (AvgIpc) is 2.91. The number of amides is 1. The van der Waals surface area contributed by atoms with Crippen molar-refractivity contribution in [3.8, 4) is 11.5 Å². The first-order valence-corrected chi connectivity index (χ1v) is 8.45. The van der Waals surface area contributed by atoms with Gasteiger partial charge in [0.1, 0.15) is 19.0 Å². The van der Waals surface area contributed by atoms with Crippen molar-refractivity contribution in [2.45, 2.75) is 18.6 Å². The fraction of sp³-hybridized carbons (Fsp3) is 0.400. The molecule has 3 rings (SSSR count). The van der Waals surface area contributed by atoms with Gasteiger partial charge in [-0.05, 0) is 24.6 Å². The number of aryl methyl sites for hydroxylation is 1. The van der Waals surface area contributed by atoms with E-state index < -0.39 is 0 Å². The highest BCUT2D eigenvalue weighted by Gasteiger charge is 2.16. The van der Waals surface area contributed by atoms with E-state index in [9.17, 15) is 4.79 Å². The van der Waals surface area contributed by atoms with Gasteiger partial charge >= 0.3 is 0 Å². The predicted molar refractivity (Wildman–Crippen MR) is 89.5 cm³/mol. The van der Waals surface area contributed by atoms with Gasteiger partial charge in [-0.2, -0.15) is 0 Å². The summed E-state index contributed by atoms with van der Waals surface area (Å²) in [4.78, 5) is 13.9. The summed E-state index contributed by atoms with van der Waals surface area (Å²) >= 11 is 1.27. The normalized spacial score (nSPS) is 12.9. The molecule has 8 nitrogen and oxygen atoms in total. The second-order valence-corrected chi connectivity index (χ2v) is 6.36. The Hall–Kier alpha value is -2.42. The highest BCUT2D eigenvalue weighted by atomic mass is 32.2. The van der Waals surface area contributed by atoms with Gasteiger partial charge in [0, 0.05) is 13.6 Å². The Morgan fingerprint density at radius 1 is 1.33 bits per heavy atom. The topological polar surface area (TPSA) is 95.5 Å². The van der Waals surface area contributed by atoms with Crippen molar-refractivity contribution in [1.82, 2.24) is 19.8 Å². The zero-order chi connectivity index (χ0) is 17.1. The van der Waals surface area contributed by atoms with Crippen LogP contribution in [-0.2, 0) is 11.3 Å². The van der Waals surface area contributed by atoms with Crippen LogP contribution in [-0.4, -0.2) is 51.7 Å². The third kappa shape index (κ3) is 3.56. The van der Waals surface area contributed by atoms with Crippen molar-refractivity contribution in [2.24, 2.45) is 0 Å². The lowest BCUT2D eigenvalue weighted by Gasteiger charge is -2.21. The summed E-state index contributed by atoms with van der Waals surface area (Å²) in [5.74, 6) is 8.07. The van der Waals surface area contributed by atoms with Crippen LogP contribution in [0.2, 0.25) is 0 Å². The van der Waals surface area contributed by atoms with Crippen LogP contribution in [0.3, 0.4) is 0 Å². The molecule has 0 fully saturated rings. The molecule has 0 atom stereocenters. The number of rotatable bonds is 5. The van der Waals surface area contributed by atoms with Crippen molar-refractivity contribution < 1.29 is 14.3 Å². The number of fused-ring (bicyclic) bond motifs is 1. The van der Waals surface area contributed by atoms with Crippen molar-refractivity contribution >= 4 is 17.7 Å². The van der Waals surface area contributed by atoms with Crippen LogP contribution in [0.1, 0.15) is 11.4 Å². The van der Waals surface area contributed by atoms with Crippen molar-refractivity contribution in [2.75, 3.05) is 31.9 Å². The summed E-state index contributed by atoms with van der Waals surface area (Å²) < 4.78 is 12.4. The van der Waals surface area contributed by atoms with Gasteiger partial charge in [-0.1, -0.05) is 17.8 Å². The first-order chi connectivity index (χ1) is 11.5. The minimum absolute atomic E-state index is 0.0180. The van der Waals surface area contributed by atoms with Crippen LogP contribution in [0.4, 0.5) is 0 Å². The number of carbonyl (C=O) groups excluding carboxylic acids is 1. The number of hydrogen-bond donors (Lipinski definition) is 1. The molecule has 24 heavy (non-hydrogen) atoms. The molecule has 0 bridgehead atoms. The molecule has 2 heterocycles. The third-order valence-corrected chi connectivity index (χ3v) is 4.54. The number of thioether (sulfide) groups is 1. The standard InChI is InChI=1S/C15H19N5O3S/c1-10-17-18-15(20(10)16)24-9-14(21)19(2)8-11-3-4-12-13(7-11)23-6-5-22-12/h3-4,7H,5-6,8-9,16H2,1-2H3. The number of benzene rings is 1. The van der Waals surface area contributed by atoms with Crippen LogP contribution in [0.5, 0.6) is 11.5 Å². The van der Waals surface area contributed by atoms with Gasteiger partial charge in [0.05, 0.1) is 5.75 Å². The molecule has 1 aliphatic heterocycles. The molecule has 128 valence electrons. The monoisotopic (exact) mass is 349 g/mol. The highest BCUT2D eigenvalue weighted by Crippen LogP contribution is 2.31. The summed E-state index contributed by atoms with van der Waals surface area (Å²) in [7, 11) is 1.76. The lowest BCUT2D eigenvalue weighted by Crippen LogP contribution is -2.28. The van der Waals surface area contributed by atoms with E-state index in [2.05, 4.69) is 10.2 Å². The fourth-order valence-electron chi connectivity index (χ4n) is 2.23. The number of ether oxygens (including phenoxy) is 2. The Morgan fingerprint density at radius 3 is 2.79 bits per heavy atom. The molecule has 0 aliphatic carbocycles. The van der Waals surface area contributed by atoms with Crippen LogP contribution in [0, 0.1) is 6.92 Å². The Kier molecular flexibility index (Phi) is 4.79. The van der Waals surface area contributed by atoms with Crippen LogP contribution in [0.25, 0.3) is 0 Å². The molecule has 0 radical (unpaired) electrons. The summed E-state index contributed by atoms with van der Waals surface area (Å²) in [6.07, 6.45) is 0. The van der Waals surface area contributed by atoms with Crippen molar-refractivity contribution in [3.63, 3.8) is 0 Å². The molecule has 1 amide bonds. The number of nitrogens with two attached hydrogens (primary N) is 1. The molecule has 0 saturated carbocycles. The maximum absolute atomic E-state index is 12.3. The fourth-order valence-corrected chi connectivity index (χ4v) is 3.08. The van der Waals surface area contributed by atoms with E-state index in [1.807, 2.05) is 18.2 Å². The van der Waals surface area contributed by atoms with Gasteiger partial charge in [-0.15, -0.1) is 10.2 Å². The Labute approximate surface area is 143 Å². The first-order valence-electron chi connectivity index (χ1n) is 7.47. The van der Waals surface area contributed by atoms with E-state index >= 15 is 0 Å². The van der Waals surface area contributed by atoms with Gasteiger partial charge in [-0.3, -0.25) is 4.79 Å². The summed E-state index contributed by atoms with van der Waals surface area (Å²) in [6, 6.07) is 5.71. The summed E-state index contributed by atoms with van der Waals surface area (Å²) in [6.45, 7) is 3.35. The van der Waals surface area contributed by atoms with Crippen LogP contribution < -0.4 is 15.3 Å². The molecule has 1 aromatic heterocycles. The smallest absolute Gasteiger partial charge is 0.233 e. The van der Waals surface area contributed by atoms with Gasteiger partial charge < -0.3 is 20.2 Å². The molecular formula is C15H19N5O3S. The number of nitrogens with zero attached hydrogens (tertiary/aromatic N) is 4. The number of hydrogen-bond acceptors (Lipinski definition) is 7. The second-order valence-electron chi connectivity index (χ2n) is 5.42. The molecule has 9 heteroatoms. The molecule has 0 spiro atoms. The SMILES string of the molecule is Cc1nnc(SCC(=O)N(C)Cc2ccc3c(c2)OCCO3)n1N. The van der Waals surface area contributed by atoms with Crippen molar-refractivity contribution in [1.29, 1.82) is 0 Å². The largest absolute Gasteiger partial charge is 0.486 e. The molecule has 1 aliphatic rings. The summed E-state index contributed by atoms with van der Waals surface area (Å²) in [5, 5.41) is 8.31. The quantitative estimate of drug-likeness (QED) is 0.631. The molecule has 0 unspecified atom stereocenters. The molecule has 2 aromatic rings. The molecular weight excluding hydrogens is 330 g/mol. The van der Waals surface area contributed by atoms with Gasteiger partial charge in [0.25, 0.3) is 0 Å². The van der Waals surface area contributed by atoms with E-state index in [0.29, 0.717) is 30.7 Å². The number of carbonyl (C=O) groups is 1. The van der Waals surface area contributed by atoms with Gasteiger partial charge in [0.2, 0.25) is 11.1 Å². The minimum Gasteiger partial charge on any atom is -0.486 e. The van der Waals surface area contributed by atoms with E-state index in [-0.39, 0.29) is 11.7 Å². The number of nitrogen functional groups attached to an aromatic ring is 1. The molecule has 1 aromatic carbocycles. The first kappa shape index (κ1) is 16.4. The van der Waals surface area contributed by atoms with E-state index in [0.717, 1.165) is 17.1 Å². The summed E-state index contributed by atoms with van der Waals surface area (Å²) in [5.41, 5.74) is 0.984. The molecule has 2 N–H and O–H groups in total. The molecule has 0 saturated heterocycles. The zero-order valence-corrected chi connectivity index (χ0v) is 14.4. The minimum atomic E-state index is -0.0180. The van der Waals surface area contributed by atoms with Crippen molar-refractivity contribution in [3.05, 3.63) is 29.6 Å². The average molecular weight is 349 g/mol. The maximum Gasteiger partial charge on any atom is 0.233 e. The Bertz CT molecular complexity index is 749. The van der Waals surface area contributed by atoms with Crippen LogP contribution >= 0.6 is 11.8 Å². The van der Waals surface area contributed by atoms with Gasteiger partial charge in [0.15, 0.2) is 11.5 Å². The van der Waals surface area contributed by atoms with E-state index in [4.69, 9.17) is 15.3 Å². The third-order valence-electron chi connectivity index (χ3n) is 3.61. The Balaban J connectivity index is 1.57. The number of aromatic nitrogens is 3. The zero-order valence-electron chi connectivity index (χ0n) is 13.6. The maximum atomic E-state index is 12.3. The highest BCUT2D eigenvalue weighted by molar-refractivity contribution is 7.99. The predicted octanol–water partition coefficient (Wildman–Crippen LogP) is 0.822.